The second-order valence-corrected chi connectivity index (χ2v) is 4.12. The van der Waals surface area contributed by atoms with Gasteiger partial charge < -0.3 is 9.84 Å². The maximum absolute atomic E-state index is 11.4. The van der Waals surface area contributed by atoms with Gasteiger partial charge in [-0.2, -0.15) is 0 Å². The molecule has 0 atom stereocenters. The highest BCUT2D eigenvalue weighted by atomic mass is 16.5. The molecule has 4 heteroatoms. The standard InChI is InChI=1S/C14H22O4/c1-4-8-12(3)14(17)18-10-7-5-6-9-11(2)13(15)16/h8-9H,4-7,10H2,1-3H3,(H,15,16). The van der Waals surface area contributed by atoms with Gasteiger partial charge in [0.2, 0.25) is 0 Å². The Kier molecular flexibility index (Phi) is 8.62. The quantitative estimate of drug-likeness (QED) is 0.411. The summed E-state index contributed by atoms with van der Waals surface area (Å²) in [4.78, 5) is 21.9. The smallest absolute Gasteiger partial charge is 0.333 e. The number of hydrogen-bond acceptors (Lipinski definition) is 3. The van der Waals surface area contributed by atoms with E-state index in [0.717, 1.165) is 19.3 Å². The second-order valence-electron chi connectivity index (χ2n) is 4.12. The van der Waals surface area contributed by atoms with Crippen molar-refractivity contribution in [2.75, 3.05) is 6.61 Å². The largest absolute Gasteiger partial charge is 0.478 e. The Hall–Kier alpha value is -1.58. The number of hydrogen-bond donors (Lipinski definition) is 1. The van der Waals surface area contributed by atoms with E-state index in [-0.39, 0.29) is 5.97 Å². The van der Waals surface area contributed by atoms with Gasteiger partial charge >= 0.3 is 11.9 Å². The van der Waals surface area contributed by atoms with Gasteiger partial charge in [0.05, 0.1) is 6.61 Å². The van der Waals surface area contributed by atoms with Crippen molar-refractivity contribution in [1.82, 2.24) is 0 Å². The lowest BCUT2D eigenvalue weighted by Crippen LogP contribution is -2.07. The Morgan fingerprint density at radius 3 is 2.33 bits per heavy atom. The lowest BCUT2D eigenvalue weighted by atomic mass is 10.2. The fourth-order valence-electron chi connectivity index (χ4n) is 1.32. The maximum atomic E-state index is 11.4. The van der Waals surface area contributed by atoms with Crippen molar-refractivity contribution in [2.45, 2.75) is 46.5 Å². The monoisotopic (exact) mass is 254 g/mol. The third-order valence-corrected chi connectivity index (χ3v) is 2.45. The molecule has 1 N–H and O–H groups in total. The summed E-state index contributed by atoms with van der Waals surface area (Å²) in [6.45, 7) is 5.66. The summed E-state index contributed by atoms with van der Waals surface area (Å²) >= 11 is 0. The number of carboxylic acids is 1. The summed E-state index contributed by atoms with van der Waals surface area (Å²) in [7, 11) is 0. The molecule has 0 aromatic carbocycles. The number of carbonyl (C=O) groups is 2. The molecule has 0 unspecified atom stereocenters. The molecular formula is C14H22O4. The Morgan fingerprint density at radius 1 is 1.11 bits per heavy atom. The average molecular weight is 254 g/mol. The van der Waals surface area contributed by atoms with Crippen LogP contribution in [-0.2, 0) is 14.3 Å². The van der Waals surface area contributed by atoms with Gasteiger partial charge in [-0.05, 0) is 39.5 Å². The third-order valence-electron chi connectivity index (χ3n) is 2.45. The predicted octanol–water partition coefficient (Wildman–Crippen LogP) is 3.09. The van der Waals surface area contributed by atoms with E-state index in [1.54, 1.807) is 19.9 Å². The Morgan fingerprint density at radius 2 is 1.78 bits per heavy atom. The fourth-order valence-corrected chi connectivity index (χ4v) is 1.32. The van der Waals surface area contributed by atoms with Gasteiger partial charge in [0.25, 0.3) is 0 Å². The van der Waals surface area contributed by atoms with Gasteiger partial charge in [-0.1, -0.05) is 19.1 Å². The lowest BCUT2D eigenvalue weighted by Gasteiger charge is -2.04. The van der Waals surface area contributed by atoms with Crippen molar-refractivity contribution >= 4 is 11.9 Å². The van der Waals surface area contributed by atoms with Crippen LogP contribution in [0.5, 0.6) is 0 Å². The molecular weight excluding hydrogens is 232 g/mol. The molecule has 4 nitrogen and oxygen atoms in total. The first kappa shape index (κ1) is 16.4. The number of esters is 1. The molecule has 0 aliphatic rings. The Bertz CT molecular complexity index is 340. The first-order chi connectivity index (χ1) is 8.49. The van der Waals surface area contributed by atoms with Gasteiger partial charge in [0.15, 0.2) is 0 Å². The first-order valence-corrected chi connectivity index (χ1v) is 6.23. The maximum Gasteiger partial charge on any atom is 0.333 e. The van der Waals surface area contributed by atoms with E-state index in [1.165, 1.54) is 0 Å². The Balaban J connectivity index is 3.70. The van der Waals surface area contributed by atoms with Crippen LogP contribution in [0.1, 0.15) is 46.5 Å². The number of ether oxygens (including phenoxy) is 1. The highest BCUT2D eigenvalue weighted by Crippen LogP contribution is 2.04. The van der Waals surface area contributed by atoms with E-state index in [0.29, 0.717) is 24.2 Å². The van der Waals surface area contributed by atoms with Crippen LogP contribution in [0.4, 0.5) is 0 Å². The number of rotatable bonds is 8. The van der Waals surface area contributed by atoms with E-state index in [9.17, 15) is 9.59 Å². The van der Waals surface area contributed by atoms with Crippen LogP contribution in [0.2, 0.25) is 0 Å². The zero-order valence-electron chi connectivity index (χ0n) is 11.4. The molecule has 102 valence electrons. The molecule has 0 saturated carbocycles. The lowest BCUT2D eigenvalue weighted by molar-refractivity contribution is -0.139. The molecule has 0 fully saturated rings. The number of unbranched alkanes of at least 4 members (excludes halogenated alkanes) is 2. The number of allylic oxidation sites excluding steroid dienone is 2. The Labute approximate surface area is 108 Å². The summed E-state index contributed by atoms with van der Waals surface area (Å²) in [6.07, 6.45) is 6.59. The van der Waals surface area contributed by atoms with E-state index in [4.69, 9.17) is 9.84 Å². The minimum atomic E-state index is -0.887. The molecule has 0 aromatic rings. The molecule has 0 heterocycles. The summed E-state index contributed by atoms with van der Waals surface area (Å²) < 4.78 is 5.07. The van der Waals surface area contributed by atoms with Crippen LogP contribution in [0.15, 0.2) is 23.3 Å². The predicted molar refractivity (Wildman–Crippen MR) is 70.3 cm³/mol. The number of carboxylic acid groups (broad SMARTS) is 1. The van der Waals surface area contributed by atoms with Crippen molar-refractivity contribution in [1.29, 1.82) is 0 Å². The van der Waals surface area contributed by atoms with Crippen molar-refractivity contribution in [3.63, 3.8) is 0 Å². The molecule has 0 amide bonds. The van der Waals surface area contributed by atoms with Gasteiger partial charge in [-0.3, -0.25) is 0 Å². The van der Waals surface area contributed by atoms with Crippen LogP contribution in [0.3, 0.4) is 0 Å². The number of aliphatic carboxylic acids is 1. The minimum absolute atomic E-state index is 0.269. The van der Waals surface area contributed by atoms with Gasteiger partial charge in [-0.15, -0.1) is 0 Å². The summed E-state index contributed by atoms with van der Waals surface area (Å²) in [5, 5.41) is 8.63. The first-order valence-electron chi connectivity index (χ1n) is 6.23. The number of carbonyl (C=O) groups excluding carboxylic acids is 1. The summed E-state index contributed by atoms with van der Waals surface area (Å²) in [5.74, 6) is -1.16. The van der Waals surface area contributed by atoms with Crippen LogP contribution >= 0.6 is 0 Å². The molecule has 0 aliphatic carbocycles. The minimum Gasteiger partial charge on any atom is -0.478 e. The van der Waals surface area contributed by atoms with Gasteiger partial charge in [0.1, 0.15) is 0 Å². The molecule has 0 bridgehead atoms. The molecule has 0 saturated heterocycles. The molecule has 18 heavy (non-hydrogen) atoms. The second kappa shape index (κ2) is 9.45. The van der Waals surface area contributed by atoms with Crippen molar-refractivity contribution in [3.05, 3.63) is 23.3 Å². The van der Waals surface area contributed by atoms with E-state index in [2.05, 4.69) is 0 Å². The third kappa shape index (κ3) is 7.65. The highest BCUT2D eigenvalue weighted by Gasteiger charge is 2.04. The molecule has 0 radical (unpaired) electrons. The van der Waals surface area contributed by atoms with Crippen molar-refractivity contribution in [2.24, 2.45) is 0 Å². The van der Waals surface area contributed by atoms with Crippen LogP contribution in [-0.4, -0.2) is 23.7 Å². The zero-order valence-corrected chi connectivity index (χ0v) is 11.4. The normalized spacial score (nSPS) is 12.4. The van der Waals surface area contributed by atoms with Crippen molar-refractivity contribution in [3.8, 4) is 0 Å². The van der Waals surface area contributed by atoms with E-state index >= 15 is 0 Å². The van der Waals surface area contributed by atoms with Gasteiger partial charge in [-0.25, -0.2) is 9.59 Å². The van der Waals surface area contributed by atoms with E-state index < -0.39 is 5.97 Å². The summed E-state index contributed by atoms with van der Waals surface area (Å²) in [5.41, 5.74) is 0.993. The highest BCUT2D eigenvalue weighted by molar-refractivity contribution is 5.87. The molecule has 0 aromatic heterocycles. The molecule has 0 rings (SSSR count). The topological polar surface area (TPSA) is 63.6 Å². The SMILES string of the molecule is CCC=C(C)C(=O)OCCCCC=C(C)C(=O)O. The van der Waals surface area contributed by atoms with Crippen LogP contribution < -0.4 is 0 Å². The summed E-state index contributed by atoms with van der Waals surface area (Å²) in [6, 6.07) is 0. The van der Waals surface area contributed by atoms with Crippen LogP contribution in [0, 0.1) is 0 Å². The molecule has 0 aliphatic heterocycles. The van der Waals surface area contributed by atoms with E-state index in [1.807, 2.05) is 13.0 Å². The molecule has 0 spiro atoms. The zero-order chi connectivity index (χ0) is 14.0. The van der Waals surface area contributed by atoms with Crippen LogP contribution in [0.25, 0.3) is 0 Å². The van der Waals surface area contributed by atoms with Gasteiger partial charge in [0, 0.05) is 11.1 Å². The van der Waals surface area contributed by atoms with Crippen molar-refractivity contribution < 1.29 is 19.4 Å². The average Bonchev–Trinajstić information content (AvgIpc) is 2.32. The fraction of sp³-hybridized carbons (Fsp3) is 0.571.